The van der Waals surface area contributed by atoms with E-state index in [2.05, 4.69) is 29.6 Å². The molecule has 1 aromatic heterocycles. The van der Waals surface area contributed by atoms with E-state index in [4.69, 9.17) is 9.47 Å². The number of ether oxygens (including phenoxy) is 2. The molecule has 3 aromatic rings. The van der Waals surface area contributed by atoms with Crippen LogP contribution in [0, 0.1) is 0 Å². The second kappa shape index (κ2) is 4.93. The zero-order valence-electron chi connectivity index (χ0n) is 10.9. The minimum Gasteiger partial charge on any atom is -0.483 e. The van der Waals surface area contributed by atoms with E-state index in [1.165, 1.54) is 15.6 Å². The Hall–Kier alpha value is -1.84. The topological polar surface area (TPSA) is 21.8 Å². The summed E-state index contributed by atoms with van der Waals surface area (Å²) in [5, 5.41) is 3.47. The molecule has 0 spiro atoms. The third-order valence-corrected chi connectivity index (χ3v) is 4.50. The van der Waals surface area contributed by atoms with E-state index in [9.17, 15) is 0 Å². The average molecular weight is 282 g/mol. The average Bonchev–Trinajstić information content (AvgIpc) is 3.25. The van der Waals surface area contributed by atoms with Crippen molar-refractivity contribution in [2.75, 3.05) is 6.61 Å². The van der Waals surface area contributed by atoms with E-state index in [0.717, 1.165) is 12.4 Å². The van der Waals surface area contributed by atoms with Crippen LogP contribution in [0.2, 0.25) is 0 Å². The van der Waals surface area contributed by atoms with Crippen LogP contribution < -0.4 is 4.74 Å². The summed E-state index contributed by atoms with van der Waals surface area (Å²) >= 11 is 1.76. The summed E-state index contributed by atoms with van der Waals surface area (Å²) in [7, 11) is 0. The van der Waals surface area contributed by atoms with Crippen LogP contribution in [0.4, 0.5) is 0 Å². The number of rotatable bonds is 4. The van der Waals surface area contributed by atoms with E-state index in [1.54, 1.807) is 11.3 Å². The smallest absolute Gasteiger partial charge is 0.153 e. The van der Waals surface area contributed by atoms with Gasteiger partial charge in [0.2, 0.25) is 0 Å². The van der Waals surface area contributed by atoms with Crippen LogP contribution in [0.25, 0.3) is 10.1 Å². The van der Waals surface area contributed by atoms with Gasteiger partial charge < -0.3 is 9.47 Å². The molecular weight excluding hydrogens is 268 g/mol. The van der Waals surface area contributed by atoms with Gasteiger partial charge in [-0.2, -0.15) is 0 Å². The minimum absolute atomic E-state index is 0.0199. The summed E-state index contributed by atoms with van der Waals surface area (Å²) in [6, 6.07) is 18.4. The predicted molar refractivity (Wildman–Crippen MR) is 81.4 cm³/mol. The number of hydrogen-bond donors (Lipinski definition) is 0. The van der Waals surface area contributed by atoms with Gasteiger partial charge in [-0.15, -0.1) is 11.3 Å². The first-order chi connectivity index (χ1) is 9.92. The summed E-state index contributed by atoms with van der Waals surface area (Å²) < 4.78 is 13.0. The number of para-hydroxylation sites is 1. The summed E-state index contributed by atoms with van der Waals surface area (Å²) in [5.74, 6) is 0.892. The molecule has 0 aliphatic carbocycles. The van der Waals surface area contributed by atoms with Crippen LogP contribution in [0.1, 0.15) is 11.7 Å². The predicted octanol–water partition coefficient (Wildman–Crippen LogP) is 4.42. The summed E-state index contributed by atoms with van der Waals surface area (Å²) in [6.07, 6.45) is 0.154. The quantitative estimate of drug-likeness (QED) is 0.661. The maximum Gasteiger partial charge on any atom is 0.153 e. The van der Waals surface area contributed by atoms with Gasteiger partial charge in [-0.1, -0.05) is 36.4 Å². The normalized spacial score (nSPS) is 18.9. The fourth-order valence-corrected chi connectivity index (χ4v) is 3.42. The fraction of sp³-hybridized carbons (Fsp3) is 0.176. The van der Waals surface area contributed by atoms with Gasteiger partial charge in [-0.3, -0.25) is 0 Å². The van der Waals surface area contributed by atoms with Crippen molar-refractivity contribution in [3.8, 4) is 5.75 Å². The lowest BCUT2D eigenvalue weighted by Crippen LogP contribution is -2.13. The van der Waals surface area contributed by atoms with Crippen LogP contribution >= 0.6 is 11.3 Å². The number of epoxide rings is 1. The van der Waals surface area contributed by atoms with Crippen LogP contribution in [0.15, 0.2) is 60.0 Å². The molecule has 0 radical (unpaired) electrons. The molecule has 2 heterocycles. The van der Waals surface area contributed by atoms with Crippen molar-refractivity contribution in [1.29, 1.82) is 0 Å². The molecule has 20 heavy (non-hydrogen) atoms. The lowest BCUT2D eigenvalue weighted by atomic mass is 10.1. The summed E-state index contributed by atoms with van der Waals surface area (Å²) in [6.45, 7) is 0.779. The molecule has 2 nitrogen and oxygen atoms in total. The molecule has 2 atom stereocenters. The highest BCUT2D eigenvalue weighted by atomic mass is 32.1. The summed E-state index contributed by atoms with van der Waals surface area (Å²) in [5.41, 5.74) is 1.23. The molecule has 0 saturated carbocycles. The molecule has 1 fully saturated rings. The Morgan fingerprint density at radius 3 is 2.60 bits per heavy atom. The van der Waals surface area contributed by atoms with Crippen LogP contribution in [0.3, 0.4) is 0 Å². The van der Waals surface area contributed by atoms with E-state index < -0.39 is 0 Å². The summed E-state index contributed by atoms with van der Waals surface area (Å²) in [4.78, 5) is 0. The van der Waals surface area contributed by atoms with Crippen LogP contribution in [-0.4, -0.2) is 12.7 Å². The van der Waals surface area contributed by atoms with E-state index in [-0.39, 0.29) is 12.2 Å². The standard InChI is InChI=1S/C17H14O2S/c1-2-6-12(7-3-1)19-17(15-10-18-15)14-11-20-16-9-5-4-8-13(14)16/h1-9,11,15,17H,10H2. The first-order valence-electron chi connectivity index (χ1n) is 6.71. The largest absolute Gasteiger partial charge is 0.483 e. The molecule has 0 amide bonds. The second-order valence-corrected chi connectivity index (χ2v) is 5.82. The van der Waals surface area contributed by atoms with Gasteiger partial charge in [-0.25, -0.2) is 0 Å². The first-order valence-corrected chi connectivity index (χ1v) is 7.59. The Bertz CT molecular complexity index is 716. The third kappa shape index (κ3) is 2.19. The fourth-order valence-electron chi connectivity index (χ4n) is 2.43. The van der Waals surface area contributed by atoms with Crippen LogP contribution in [-0.2, 0) is 4.74 Å². The molecular formula is C17H14O2S. The van der Waals surface area contributed by atoms with Crippen molar-refractivity contribution >= 4 is 21.4 Å². The molecule has 2 unspecified atom stereocenters. The van der Waals surface area contributed by atoms with Gasteiger partial charge in [0.25, 0.3) is 0 Å². The highest BCUT2D eigenvalue weighted by molar-refractivity contribution is 7.17. The molecule has 2 aromatic carbocycles. The highest BCUT2D eigenvalue weighted by Gasteiger charge is 2.37. The minimum atomic E-state index is -0.0199. The van der Waals surface area contributed by atoms with Crippen LogP contribution in [0.5, 0.6) is 5.75 Å². The molecule has 1 saturated heterocycles. The second-order valence-electron chi connectivity index (χ2n) is 4.91. The van der Waals surface area contributed by atoms with Gasteiger partial charge in [0.15, 0.2) is 6.10 Å². The number of thiophene rings is 1. The highest BCUT2D eigenvalue weighted by Crippen LogP contribution is 2.38. The zero-order valence-corrected chi connectivity index (χ0v) is 11.7. The lowest BCUT2D eigenvalue weighted by Gasteiger charge is -2.17. The van der Waals surface area contributed by atoms with Gasteiger partial charge >= 0.3 is 0 Å². The van der Waals surface area contributed by atoms with Crippen molar-refractivity contribution in [2.24, 2.45) is 0 Å². The monoisotopic (exact) mass is 282 g/mol. The molecule has 3 heteroatoms. The van der Waals surface area contributed by atoms with Gasteiger partial charge in [0.1, 0.15) is 11.9 Å². The van der Waals surface area contributed by atoms with E-state index >= 15 is 0 Å². The first kappa shape index (κ1) is 11.9. The number of benzene rings is 2. The van der Waals surface area contributed by atoms with E-state index in [1.807, 2.05) is 30.3 Å². The Morgan fingerprint density at radius 1 is 1.05 bits per heavy atom. The third-order valence-electron chi connectivity index (χ3n) is 3.52. The van der Waals surface area contributed by atoms with Crippen molar-refractivity contribution in [2.45, 2.75) is 12.2 Å². The Morgan fingerprint density at radius 2 is 1.80 bits per heavy atom. The van der Waals surface area contributed by atoms with Crippen molar-refractivity contribution in [3.05, 3.63) is 65.5 Å². The van der Waals surface area contributed by atoms with Crippen molar-refractivity contribution in [1.82, 2.24) is 0 Å². The maximum absolute atomic E-state index is 6.17. The van der Waals surface area contributed by atoms with E-state index in [0.29, 0.717) is 0 Å². The van der Waals surface area contributed by atoms with Gasteiger partial charge in [0, 0.05) is 10.3 Å². The lowest BCUT2D eigenvalue weighted by molar-refractivity contribution is 0.163. The maximum atomic E-state index is 6.17. The van der Waals surface area contributed by atoms with Crippen molar-refractivity contribution in [3.63, 3.8) is 0 Å². The molecule has 1 aliphatic heterocycles. The van der Waals surface area contributed by atoms with Gasteiger partial charge in [0.05, 0.1) is 6.61 Å². The Kier molecular flexibility index (Phi) is 2.94. The van der Waals surface area contributed by atoms with Crippen molar-refractivity contribution < 1.29 is 9.47 Å². The Balaban J connectivity index is 1.72. The number of hydrogen-bond acceptors (Lipinski definition) is 3. The molecule has 1 aliphatic rings. The molecule has 100 valence electrons. The molecule has 0 bridgehead atoms. The Labute approximate surface area is 121 Å². The number of fused-ring (bicyclic) bond motifs is 1. The molecule has 0 N–H and O–H groups in total. The zero-order chi connectivity index (χ0) is 13.4. The molecule has 4 rings (SSSR count). The van der Waals surface area contributed by atoms with Gasteiger partial charge in [-0.05, 0) is 29.0 Å². The SMILES string of the molecule is c1ccc(OC(c2csc3ccccc23)C2CO2)cc1.